The predicted molar refractivity (Wildman–Crippen MR) is 119 cm³/mol. The van der Waals surface area contributed by atoms with Gasteiger partial charge in [-0.3, -0.25) is 9.59 Å². The van der Waals surface area contributed by atoms with E-state index in [-0.39, 0.29) is 31.0 Å². The smallest absolute Gasteiger partial charge is 0.261 e. The highest BCUT2D eigenvalue weighted by molar-refractivity contribution is 6.36. The largest absolute Gasteiger partial charge is 0.484 e. The number of hydrogen-bond donors (Lipinski definition) is 1. The SMILES string of the molecule is C[C@@H](C(=O)NC1CCCC1)N(Cc1c(Cl)cccc1Cl)C(=O)COc1ccccc1. The molecule has 3 rings (SSSR count). The van der Waals surface area contributed by atoms with Gasteiger partial charge in [0.25, 0.3) is 5.91 Å². The summed E-state index contributed by atoms with van der Waals surface area (Å²) in [6.07, 6.45) is 4.17. The maximum atomic E-state index is 13.1. The van der Waals surface area contributed by atoms with Crippen molar-refractivity contribution in [2.45, 2.75) is 51.2 Å². The summed E-state index contributed by atoms with van der Waals surface area (Å²) < 4.78 is 5.62. The van der Waals surface area contributed by atoms with Crippen molar-refractivity contribution in [1.29, 1.82) is 0 Å². The molecule has 7 heteroatoms. The van der Waals surface area contributed by atoms with E-state index in [1.807, 2.05) is 18.2 Å². The molecular formula is C23H26Cl2N2O3. The Bertz CT molecular complexity index is 850. The van der Waals surface area contributed by atoms with E-state index in [1.54, 1.807) is 37.3 Å². The van der Waals surface area contributed by atoms with Crippen molar-refractivity contribution in [2.24, 2.45) is 0 Å². The van der Waals surface area contributed by atoms with Gasteiger partial charge >= 0.3 is 0 Å². The molecule has 0 bridgehead atoms. The van der Waals surface area contributed by atoms with Gasteiger partial charge < -0.3 is 15.0 Å². The minimum atomic E-state index is -0.690. The molecule has 0 spiro atoms. The number of nitrogens with one attached hydrogen (secondary N) is 1. The van der Waals surface area contributed by atoms with Gasteiger partial charge in [0.2, 0.25) is 5.91 Å². The van der Waals surface area contributed by atoms with Crippen LogP contribution in [-0.2, 0) is 16.1 Å². The zero-order chi connectivity index (χ0) is 21.5. The number of hydrogen-bond acceptors (Lipinski definition) is 3. The summed E-state index contributed by atoms with van der Waals surface area (Å²) in [6.45, 7) is 1.65. The summed E-state index contributed by atoms with van der Waals surface area (Å²) in [6, 6.07) is 13.7. The first kappa shape index (κ1) is 22.4. The molecule has 0 saturated heterocycles. The van der Waals surface area contributed by atoms with Crippen LogP contribution in [0.15, 0.2) is 48.5 Å². The van der Waals surface area contributed by atoms with Crippen molar-refractivity contribution in [3.63, 3.8) is 0 Å². The van der Waals surface area contributed by atoms with E-state index in [1.165, 1.54) is 4.90 Å². The minimum Gasteiger partial charge on any atom is -0.484 e. The third-order valence-electron chi connectivity index (χ3n) is 5.36. The highest BCUT2D eigenvalue weighted by atomic mass is 35.5. The van der Waals surface area contributed by atoms with Gasteiger partial charge in [0.1, 0.15) is 11.8 Å². The molecule has 0 aliphatic heterocycles. The second kappa shape index (κ2) is 10.7. The topological polar surface area (TPSA) is 58.6 Å². The maximum Gasteiger partial charge on any atom is 0.261 e. The lowest BCUT2D eigenvalue weighted by Crippen LogP contribution is -2.50. The van der Waals surface area contributed by atoms with Gasteiger partial charge in [0.15, 0.2) is 6.61 Å². The van der Waals surface area contributed by atoms with Crippen LogP contribution < -0.4 is 10.1 Å². The van der Waals surface area contributed by atoms with Crippen molar-refractivity contribution in [3.8, 4) is 5.75 Å². The number of nitrogens with zero attached hydrogens (tertiary/aromatic N) is 1. The molecule has 5 nitrogen and oxygen atoms in total. The Hall–Kier alpha value is -2.24. The average molecular weight is 449 g/mol. The van der Waals surface area contributed by atoms with Crippen LogP contribution in [0.25, 0.3) is 0 Å². The van der Waals surface area contributed by atoms with Crippen LogP contribution >= 0.6 is 23.2 Å². The first-order valence-electron chi connectivity index (χ1n) is 10.2. The lowest BCUT2D eigenvalue weighted by atomic mass is 10.1. The molecule has 1 saturated carbocycles. The molecule has 1 aliphatic rings. The predicted octanol–water partition coefficient (Wildman–Crippen LogP) is 4.85. The summed E-state index contributed by atoms with van der Waals surface area (Å²) in [7, 11) is 0. The van der Waals surface area contributed by atoms with Gasteiger partial charge in [-0.15, -0.1) is 0 Å². The zero-order valence-corrected chi connectivity index (χ0v) is 18.5. The second-order valence-corrected chi connectivity index (χ2v) is 8.30. The van der Waals surface area contributed by atoms with E-state index in [0.29, 0.717) is 21.4 Å². The van der Waals surface area contributed by atoms with E-state index < -0.39 is 6.04 Å². The summed E-state index contributed by atoms with van der Waals surface area (Å²) in [5, 5.41) is 3.97. The normalized spacial score (nSPS) is 14.9. The van der Waals surface area contributed by atoms with Crippen molar-refractivity contribution in [3.05, 3.63) is 64.1 Å². The molecule has 160 valence electrons. The van der Waals surface area contributed by atoms with Gasteiger partial charge in [0, 0.05) is 28.2 Å². The van der Waals surface area contributed by atoms with Crippen LogP contribution in [0, 0.1) is 0 Å². The molecule has 2 aromatic rings. The number of ether oxygens (including phenoxy) is 1. The highest BCUT2D eigenvalue weighted by Crippen LogP contribution is 2.27. The Morgan fingerprint density at radius 1 is 1.07 bits per heavy atom. The van der Waals surface area contributed by atoms with Gasteiger partial charge in [-0.25, -0.2) is 0 Å². The lowest BCUT2D eigenvalue weighted by molar-refractivity contribution is -0.142. The van der Waals surface area contributed by atoms with Gasteiger partial charge in [-0.05, 0) is 44.0 Å². The Morgan fingerprint density at radius 3 is 2.33 bits per heavy atom. The molecule has 0 unspecified atom stereocenters. The number of benzene rings is 2. The Morgan fingerprint density at radius 2 is 1.70 bits per heavy atom. The van der Waals surface area contributed by atoms with Crippen LogP contribution in [-0.4, -0.2) is 35.4 Å². The van der Waals surface area contributed by atoms with Crippen molar-refractivity contribution < 1.29 is 14.3 Å². The first-order valence-corrected chi connectivity index (χ1v) is 10.9. The molecule has 0 aromatic heterocycles. The monoisotopic (exact) mass is 448 g/mol. The van der Waals surface area contributed by atoms with Crippen LogP contribution in [0.4, 0.5) is 0 Å². The van der Waals surface area contributed by atoms with Gasteiger partial charge in [-0.1, -0.05) is 60.3 Å². The van der Waals surface area contributed by atoms with Crippen molar-refractivity contribution >= 4 is 35.0 Å². The summed E-state index contributed by atoms with van der Waals surface area (Å²) in [5.41, 5.74) is 0.606. The third kappa shape index (κ3) is 5.89. The number of carbonyl (C=O) groups is 2. The molecule has 2 aromatic carbocycles. The lowest BCUT2D eigenvalue weighted by Gasteiger charge is -2.30. The second-order valence-electron chi connectivity index (χ2n) is 7.49. The standard InChI is InChI=1S/C23H26Cl2N2O3/c1-16(23(29)26-17-8-5-6-9-17)27(14-19-20(24)12-7-13-21(19)25)22(28)15-30-18-10-3-2-4-11-18/h2-4,7,10-13,16-17H,5-6,8-9,14-15H2,1H3,(H,26,29)/t16-/m0/s1. The fourth-order valence-electron chi connectivity index (χ4n) is 3.57. The fraction of sp³-hybridized carbons (Fsp3) is 0.391. The van der Waals surface area contributed by atoms with Crippen LogP contribution in [0.2, 0.25) is 10.0 Å². The van der Waals surface area contributed by atoms with Crippen molar-refractivity contribution in [1.82, 2.24) is 10.2 Å². The van der Waals surface area contributed by atoms with Crippen LogP contribution in [0.3, 0.4) is 0 Å². The van der Waals surface area contributed by atoms with Crippen LogP contribution in [0.5, 0.6) is 5.75 Å². The molecule has 1 atom stereocenters. The molecule has 0 radical (unpaired) electrons. The molecule has 1 N–H and O–H groups in total. The Balaban J connectivity index is 1.76. The number of carbonyl (C=O) groups excluding carboxylic acids is 2. The highest BCUT2D eigenvalue weighted by Gasteiger charge is 2.29. The zero-order valence-electron chi connectivity index (χ0n) is 16.9. The van der Waals surface area contributed by atoms with E-state index >= 15 is 0 Å². The fourth-order valence-corrected chi connectivity index (χ4v) is 4.09. The van der Waals surface area contributed by atoms with E-state index in [4.69, 9.17) is 27.9 Å². The molecule has 1 aliphatic carbocycles. The molecular weight excluding hydrogens is 423 g/mol. The van der Waals surface area contributed by atoms with Gasteiger partial charge in [0.05, 0.1) is 0 Å². The average Bonchev–Trinajstić information content (AvgIpc) is 3.25. The maximum absolute atomic E-state index is 13.1. The Kier molecular flexibility index (Phi) is 8.00. The van der Waals surface area contributed by atoms with E-state index in [2.05, 4.69) is 5.32 Å². The van der Waals surface area contributed by atoms with E-state index in [9.17, 15) is 9.59 Å². The molecule has 30 heavy (non-hydrogen) atoms. The molecule has 0 heterocycles. The van der Waals surface area contributed by atoms with Crippen molar-refractivity contribution in [2.75, 3.05) is 6.61 Å². The number of halogens is 2. The number of para-hydroxylation sites is 1. The van der Waals surface area contributed by atoms with Crippen LogP contribution in [0.1, 0.15) is 38.2 Å². The number of amides is 2. The third-order valence-corrected chi connectivity index (χ3v) is 6.07. The quantitative estimate of drug-likeness (QED) is 0.627. The number of rotatable bonds is 8. The van der Waals surface area contributed by atoms with E-state index in [0.717, 1.165) is 25.7 Å². The Labute approximate surface area is 187 Å². The first-order chi connectivity index (χ1) is 14.5. The summed E-state index contributed by atoms with van der Waals surface area (Å²) in [5.74, 6) is 0.0895. The molecule has 2 amide bonds. The summed E-state index contributed by atoms with van der Waals surface area (Å²) in [4.78, 5) is 27.4. The van der Waals surface area contributed by atoms with Gasteiger partial charge in [-0.2, -0.15) is 0 Å². The molecule has 1 fully saturated rings. The minimum absolute atomic E-state index is 0.120. The summed E-state index contributed by atoms with van der Waals surface area (Å²) >= 11 is 12.6.